The molecule has 1 aromatic carbocycles. The van der Waals surface area contributed by atoms with Crippen molar-refractivity contribution >= 4 is 15.9 Å². The minimum absolute atomic E-state index is 0.905. The van der Waals surface area contributed by atoms with Crippen molar-refractivity contribution in [3.8, 4) is 5.75 Å². The fourth-order valence-electron chi connectivity index (χ4n) is 1.14. The fraction of sp³-hybridized carbons (Fsp3) is 0.273. The molecule has 0 saturated heterocycles. The minimum Gasteiger partial charge on any atom is -0.496 e. The Morgan fingerprint density at radius 1 is 1.31 bits per heavy atom. The van der Waals surface area contributed by atoms with E-state index in [1.54, 1.807) is 7.11 Å². The monoisotopic (exact) mass is 240 g/mol. The summed E-state index contributed by atoms with van der Waals surface area (Å²) in [5.41, 5.74) is 1.22. The third-order valence-corrected chi connectivity index (χ3v) is 2.16. The Kier molecular flexibility index (Phi) is 4.61. The van der Waals surface area contributed by atoms with Crippen LogP contribution in [0.2, 0.25) is 0 Å². The number of halogens is 1. The van der Waals surface area contributed by atoms with Crippen molar-refractivity contribution in [1.29, 1.82) is 0 Å². The van der Waals surface area contributed by atoms with E-state index in [4.69, 9.17) is 4.74 Å². The van der Waals surface area contributed by atoms with E-state index in [2.05, 4.69) is 34.1 Å². The Hall–Kier alpha value is -0.760. The summed E-state index contributed by atoms with van der Waals surface area (Å²) < 4.78 is 5.23. The number of benzene rings is 1. The number of para-hydroxylation sites is 1. The largest absolute Gasteiger partial charge is 0.496 e. The first-order valence-electron chi connectivity index (χ1n) is 4.21. The minimum atomic E-state index is 0.905. The van der Waals surface area contributed by atoms with Gasteiger partial charge in [0.1, 0.15) is 5.75 Å². The normalized spacial score (nSPS) is 10.6. The summed E-state index contributed by atoms with van der Waals surface area (Å²) in [6.07, 6.45) is 5.15. The van der Waals surface area contributed by atoms with Gasteiger partial charge in [0.25, 0.3) is 0 Å². The zero-order valence-electron chi connectivity index (χ0n) is 7.66. The van der Waals surface area contributed by atoms with Crippen LogP contribution in [-0.2, 0) is 6.42 Å². The standard InChI is InChI=1S/C11H13BrO/c1-13-11-8-3-2-6-10(11)7-4-5-9-12/h2-6,8H,7,9H2,1H3/b5-4+. The molecule has 0 amide bonds. The summed E-state index contributed by atoms with van der Waals surface area (Å²) >= 11 is 3.34. The summed E-state index contributed by atoms with van der Waals surface area (Å²) in [5, 5.41) is 0.905. The third kappa shape index (κ3) is 3.23. The number of hydrogen-bond donors (Lipinski definition) is 0. The molecule has 0 N–H and O–H groups in total. The van der Waals surface area contributed by atoms with Crippen LogP contribution in [0, 0.1) is 0 Å². The lowest BCUT2D eigenvalue weighted by Gasteiger charge is -2.04. The van der Waals surface area contributed by atoms with Gasteiger partial charge in [0.15, 0.2) is 0 Å². The zero-order valence-corrected chi connectivity index (χ0v) is 9.25. The highest BCUT2D eigenvalue weighted by Crippen LogP contribution is 2.17. The van der Waals surface area contributed by atoms with Crippen LogP contribution >= 0.6 is 15.9 Å². The average Bonchev–Trinajstić information content (AvgIpc) is 2.19. The Balaban J connectivity index is 2.69. The highest BCUT2D eigenvalue weighted by molar-refractivity contribution is 9.09. The van der Waals surface area contributed by atoms with Crippen molar-refractivity contribution in [1.82, 2.24) is 0 Å². The predicted molar refractivity (Wildman–Crippen MR) is 59.6 cm³/mol. The maximum atomic E-state index is 5.23. The van der Waals surface area contributed by atoms with E-state index in [1.807, 2.05) is 18.2 Å². The molecule has 1 aromatic rings. The Morgan fingerprint density at radius 3 is 2.77 bits per heavy atom. The molecule has 0 saturated carbocycles. The number of alkyl halides is 1. The summed E-state index contributed by atoms with van der Waals surface area (Å²) in [7, 11) is 1.70. The first kappa shape index (κ1) is 10.3. The van der Waals surface area contributed by atoms with E-state index >= 15 is 0 Å². The fourth-order valence-corrected chi connectivity index (χ4v) is 1.41. The molecule has 0 unspecified atom stereocenters. The van der Waals surface area contributed by atoms with E-state index in [0.29, 0.717) is 0 Å². The van der Waals surface area contributed by atoms with Gasteiger partial charge in [-0.2, -0.15) is 0 Å². The summed E-state index contributed by atoms with van der Waals surface area (Å²) in [6, 6.07) is 8.07. The van der Waals surface area contributed by atoms with Crippen LogP contribution in [-0.4, -0.2) is 12.4 Å². The van der Waals surface area contributed by atoms with Gasteiger partial charge < -0.3 is 4.74 Å². The molecule has 0 aliphatic heterocycles. The van der Waals surface area contributed by atoms with Gasteiger partial charge in [0.05, 0.1) is 7.11 Å². The number of methoxy groups -OCH3 is 1. The number of hydrogen-bond acceptors (Lipinski definition) is 1. The maximum absolute atomic E-state index is 5.23. The summed E-state index contributed by atoms with van der Waals surface area (Å²) in [4.78, 5) is 0. The lowest BCUT2D eigenvalue weighted by Crippen LogP contribution is -1.89. The zero-order chi connectivity index (χ0) is 9.52. The molecular weight excluding hydrogens is 228 g/mol. The second kappa shape index (κ2) is 5.81. The lowest BCUT2D eigenvalue weighted by atomic mass is 10.1. The molecule has 0 aliphatic carbocycles. The second-order valence-electron chi connectivity index (χ2n) is 2.64. The van der Waals surface area contributed by atoms with Gasteiger partial charge in [0, 0.05) is 5.33 Å². The molecule has 1 rings (SSSR count). The number of ether oxygens (including phenoxy) is 1. The smallest absolute Gasteiger partial charge is 0.122 e. The number of allylic oxidation sites excluding steroid dienone is 2. The number of rotatable bonds is 4. The van der Waals surface area contributed by atoms with E-state index in [-0.39, 0.29) is 0 Å². The van der Waals surface area contributed by atoms with Gasteiger partial charge in [-0.3, -0.25) is 0 Å². The van der Waals surface area contributed by atoms with Crippen molar-refractivity contribution in [2.24, 2.45) is 0 Å². The molecule has 0 radical (unpaired) electrons. The van der Waals surface area contributed by atoms with Crippen molar-refractivity contribution in [2.45, 2.75) is 6.42 Å². The molecule has 70 valence electrons. The van der Waals surface area contributed by atoms with Gasteiger partial charge in [-0.25, -0.2) is 0 Å². The summed E-state index contributed by atoms with van der Waals surface area (Å²) in [5.74, 6) is 0.960. The molecule has 0 bridgehead atoms. The molecule has 0 heterocycles. The van der Waals surface area contributed by atoms with Crippen molar-refractivity contribution in [3.63, 3.8) is 0 Å². The van der Waals surface area contributed by atoms with Gasteiger partial charge in [-0.15, -0.1) is 0 Å². The molecule has 13 heavy (non-hydrogen) atoms. The highest BCUT2D eigenvalue weighted by Gasteiger charge is 1.97. The first-order valence-corrected chi connectivity index (χ1v) is 5.33. The molecule has 0 aromatic heterocycles. The molecule has 0 atom stereocenters. The van der Waals surface area contributed by atoms with Crippen LogP contribution in [0.25, 0.3) is 0 Å². The molecule has 0 fully saturated rings. The summed E-state index contributed by atoms with van der Waals surface area (Å²) in [6.45, 7) is 0. The molecule has 0 spiro atoms. The van der Waals surface area contributed by atoms with Crippen molar-refractivity contribution in [2.75, 3.05) is 12.4 Å². The van der Waals surface area contributed by atoms with Gasteiger partial charge in [-0.05, 0) is 18.1 Å². The predicted octanol–water partition coefficient (Wildman–Crippen LogP) is 3.19. The molecular formula is C11H13BrO. The molecule has 1 nitrogen and oxygen atoms in total. The Bertz CT molecular complexity index is 281. The Labute approximate surface area is 87.5 Å². The lowest BCUT2D eigenvalue weighted by molar-refractivity contribution is 0.410. The van der Waals surface area contributed by atoms with Crippen LogP contribution in [0.15, 0.2) is 36.4 Å². The first-order chi connectivity index (χ1) is 6.38. The molecule has 0 aliphatic rings. The topological polar surface area (TPSA) is 9.23 Å². The van der Waals surface area contributed by atoms with E-state index in [9.17, 15) is 0 Å². The quantitative estimate of drug-likeness (QED) is 0.581. The average molecular weight is 241 g/mol. The third-order valence-electron chi connectivity index (χ3n) is 1.79. The Morgan fingerprint density at radius 2 is 2.08 bits per heavy atom. The van der Waals surface area contributed by atoms with Gasteiger partial charge >= 0.3 is 0 Å². The van der Waals surface area contributed by atoms with E-state index < -0.39 is 0 Å². The van der Waals surface area contributed by atoms with Gasteiger partial charge in [0.2, 0.25) is 0 Å². The van der Waals surface area contributed by atoms with Crippen LogP contribution in [0.5, 0.6) is 5.75 Å². The SMILES string of the molecule is COc1ccccc1C/C=C/CBr. The van der Waals surface area contributed by atoms with Crippen LogP contribution in [0.1, 0.15) is 5.56 Å². The second-order valence-corrected chi connectivity index (χ2v) is 3.29. The van der Waals surface area contributed by atoms with E-state index in [0.717, 1.165) is 17.5 Å². The van der Waals surface area contributed by atoms with E-state index in [1.165, 1.54) is 5.56 Å². The highest BCUT2D eigenvalue weighted by atomic mass is 79.9. The van der Waals surface area contributed by atoms with Crippen LogP contribution in [0.3, 0.4) is 0 Å². The van der Waals surface area contributed by atoms with Crippen molar-refractivity contribution in [3.05, 3.63) is 42.0 Å². The van der Waals surface area contributed by atoms with Gasteiger partial charge in [-0.1, -0.05) is 46.3 Å². The van der Waals surface area contributed by atoms with Crippen molar-refractivity contribution < 1.29 is 4.74 Å². The maximum Gasteiger partial charge on any atom is 0.122 e. The van der Waals surface area contributed by atoms with Crippen LogP contribution < -0.4 is 4.74 Å². The molecule has 2 heteroatoms. The van der Waals surface area contributed by atoms with Crippen LogP contribution in [0.4, 0.5) is 0 Å².